The quantitative estimate of drug-likeness (QED) is 0.406. The summed E-state index contributed by atoms with van der Waals surface area (Å²) >= 11 is 4.59. The van der Waals surface area contributed by atoms with Crippen LogP contribution < -0.4 is 0 Å². The maximum absolute atomic E-state index is 6.02. The summed E-state index contributed by atoms with van der Waals surface area (Å²) in [6.07, 6.45) is 8.13. The first-order chi connectivity index (χ1) is 11.9. The first kappa shape index (κ1) is 20.8. The molecule has 0 saturated carbocycles. The van der Waals surface area contributed by atoms with Gasteiger partial charge in [-0.3, -0.25) is 0 Å². The van der Waals surface area contributed by atoms with E-state index >= 15 is 0 Å². The third-order valence-corrected chi connectivity index (χ3v) is 5.81. The van der Waals surface area contributed by atoms with E-state index in [2.05, 4.69) is 64.6 Å². The molecule has 0 radical (unpaired) electrons. The lowest BCUT2D eigenvalue weighted by Crippen LogP contribution is -2.37. The Morgan fingerprint density at radius 2 is 1.60 bits per heavy atom. The predicted molar refractivity (Wildman–Crippen MR) is 109 cm³/mol. The van der Waals surface area contributed by atoms with Crippen molar-refractivity contribution in [2.45, 2.75) is 83.7 Å². The van der Waals surface area contributed by atoms with Crippen LogP contribution in [0.1, 0.15) is 83.6 Å². The van der Waals surface area contributed by atoms with Crippen LogP contribution >= 0.6 is 12.6 Å². The van der Waals surface area contributed by atoms with E-state index in [-0.39, 0.29) is 16.5 Å². The maximum Gasteiger partial charge on any atom is 0.183 e. The average Bonchev–Trinajstić information content (AvgIpc) is 2.61. The highest BCUT2D eigenvalue weighted by Crippen LogP contribution is 2.36. The summed E-state index contributed by atoms with van der Waals surface area (Å²) in [7, 11) is 0. The van der Waals surface area contributed by atoms with Gasteiger partial charge >= 0.3 is 0 Å². The number of hydrogen-bond acceptors (Lipinski definition) is 3. The second kappa shape index (κ2) is 9.43. The minimum Gasteiger partial charge on any atom is -0.348 e. The molecular formula is C22H36O2S. The Hall–Kier alpha value is -0.510. The van der Waals surface area contributed by atoms with E-state index in [0.717, 1.165) is 38.0 Å². The van der Waals surface area contributed by atoms with Crippen LogP contribution in [-0.4, -0.2) is 18.0 Å². The maximum atomic E-state index is 6.02. The molecule has 1 aromatic rings. The van der Waals surface area contributed by atoms with Crippen LogP contribution in [0.15, 0.2) is 24.3 Å². The van der Waals surface area contributed by atoms with Crippen molar-refractivity contribution in [1.82, 2.24) is 0 Å². The van der Waals surface area contributed by atoms with Gasteiger partial charge in [0.05, 0.1) is 13.2 Å². The average molecular weight is 365 g/mol. The molecule has 3 heteroatoms. The molecule has 0 amide bonds. The molecule has 2 nitrogen and oxygen atoms in total. The summed E-state index contributed by atoms with van der Waals surface area (Å²) < 4.78 is 12.2. The molecule has 0 aromatic heterocycles. The SMILES string of the molecule is CCC1(CC)COC(c2ccc(CCCCCC(C)(C)S)cc2)OC1. The second-order valence-electron chi connectivity index (χ2n) is 8.28. The molecule has 1 heterocycles. The van der Waals surface area contributed by atoms with E-state index in [1.54, 1.807) is 0 Å². The fraction of sp³-hybridized carbons (Fsp3) is 0.727. The van der Waals surface area contributed by atoms with Gasteiger partial charge in [-0.15, -0.1) is 0 Å². The molecule has 142 valence electrons. The summed E-state index contributed by atoms with van der Waals surface area (Å²) in [5.41, 5.74) is 2.75. The van der Waals surface area contributed by atoms with E-state index in [4.69, 9.17) is 9.47 Å². The normalized spacial score (nSPS) is 18.4. The van der Waals surface area contributed by atoms with Crippen molar-refractivity contribution in [3.63, 3.8) is 0 Å². The van der Waals surface area contributed by atoms with E-state index in [1.807, 2.05) is 0 Å². The highest BCUT2D eigenvalue weighted by molar-refractivity contribution is 7.81. The first-order valence-electron chi connectivity index (χ1n) is 9.92. The molecule has 2 rings (SSSR count). The van der Waals surface area contributed by atoms with E-state index in [1.165, 1.54) is 31.2 Å². The van der Waals surface area contributed by atoms with Crippen LogP contribution in [0, 0.1) is 5.41 Å². The Morgan fingerprint density at radius 1 is 1.00 bits per heavy atom. The van der Waals surface area contributed by atoms with Crippen LogP contribution in [0.4, 0.5) is 0 Å². The fourth-order valence-electron chi connectivity index (χ4n) is 3.35. The van der Waals surface area contributed by atoms with Crippen LogP contribution in [0.25, 0.3) is 0 Å². The number of hydrogen-bond donors (Lipinski definition) is 1. The Balaban J connectivity index is 1.75. The Labute approximate surface area is 160 Å². The first-order valence-corrected chi connectivity index (χ1v) is 10.4. The number of unbranched alkanes of at least 4 members (excludes halogenated alkanes) is 2. The lowest BCUT2D eigenvalue weighted by molar-refractivity contribution is -0.235. The van der Waals surface area contributed by atoms with Crippen molar-refractivity contribution in [3.8, 4) is 0 Å². The van der Waals surface area contributed by atoms with Crippen molar-refractivity contribution < 1.29 is 9.47 Å². The second-order valence-corrected chi connectivity index (χ2v) is 9.49. The number of rotatable bonds is 9. The molecule has 0 atom stereocenters. The Morgan fingerprint density at radius 3 is 2.12 bits per heavy atom. The topological polar surface area (TPSA) is 18.5 Å². The van der Waals surface area contributed by atoms with Crippen LogP contribution in [0.2, 0.25) is 0 Å². The van der Waals surface area contributed by atoms with Crippen molar-refractivity contribution in [1.29, 1.82) is 0 Å². The number of ether oxygens (including phenoxy) is 2. The molecule has 1 aliphatic heterocycles. The molecule has 0 N–H and O–H groups in total. The molecule has 1 aromatic carbocycles. The smallest absolute Gasteiger partial charge is 0.183 e. The van der Waals surface area contributed by atoms with Crippen molar-refractivity contribution >= 4 is 12.6 Å². The lowest BCUT2D eigenvalue weighted by atomic mass is 9.83. The van der Waals surface area contributed by atoms with Gasteiger partial charge in [0.15, 0.2) is 6.29 Å². The van der Waals surface area contributed by atoms with Gasteiger partial charge in [0.2, 0.25) is 0 Å². The molecular weight excluding hydrogens is 328 g/mol. The zero-order valence-electron chi connectivity index (χ0n) is 16.5. The van der Waals surface area contributed by atoms with Crippen LogP contribution in [0.5, 0.6) is 0 Å². The zero-order chi connectivity index (χ0) is 18.3. The van der Waals surface area contributed by atoms with Crippen molar-refractivity contribution in [2.24, 2.45) is 5.41 Å². The number of aryl methyl sites for hydroxylation is 1. The summed E-state index contributed by atoms with van der Waals surface area (Å²) in [4.78, 5) is 0. The Kier molecular flexibility index (Phi) is 7.85. The largest absolute Gasteiger partial charge is 0.348 e. The summed E-state index contributed by atoms with van der Waals surface area (Å²) in [5, 5.41) is 0. The molecule has 0 aliphatic carbocycles. The van der Waals surface area contributed by atoms with Crippen LogP contribution in [-0.2, 0) is 15.9 Å². The van der Waals surface area contributed by atoms with Gasteiger partial charge in [-0.25, -0.2) is 0 Å². The van der Waals surface area contributed by atoms with Crippen molar-refractivity contribution in [3.05, 3.63) is 35.4 Å². The molecule has 1 saturated heterocycles. The summed E-state index contributed by atoms with van der Waals surface area (Å²) in [5.74, 6) is 0. The number of benzene rings is 1. The summed E-state index contributed by atoms with van der Waals surface area (Å²) in [6, 6.07) is 8.79. The molecule has 1 aliphatic rings. The van der Waals surface area contributed by atoms with E-state index in [9.17, 15) is 0 Å². The van der Waals surface area contributed by atoms with E-state index < -0.39 is 0 Å². The lowest BCUT2D eigenvalue weighted by Gasteiger charge is -2.39. The van der Waals surface area contributed by atoms with Gasteiger partial charge in [0.25, 0.3) is 0 Å². The predicted octanol–water partition coefficient (Wildman–Crippen LogP) is 6.35. The van der Waals surface area contributed by atoms with Gasteiger partial charge < -0.3 is 9.47 Å². The monoisotopic (exact) mass is 364 g/mol. The highest BCUT2D eigenvalue weighted by Gasteiger charge is 2.34. The van der Waals surface area contributed by atoms with Gasteiger partial charge in [-0.1, -0.05) is 64.8 Å². The number of thiol groups is 1. The molecule has 0 bridgehead atoms. The summed E-state index contributed by atoms with van der Waals surface area (Å²) in [6.45, 7) is 10.4. The van der Waals surface area contributed by atoms with Gasteiger partial charge in [0, 0.05) is 15.7 Å². The Bertz CT molecular complexity index is 490. The molecule has 0 spiro atoms. The fourth-order valence-corrected chi connectivity index (χ4v) is 3.51. The molecule has 1 fully saturated rings. The zero-order valence-corrected chi connectivity index (χ0v) is 17.4. The molecule has 25 heavy (non-hydrogen) atoms. The van der Waals surface area contributed by atoms with Gasteiger partial charge in [-0.2, -0.15) is 12.6 Å². The van der Waals surface area contributed by atoms with Gasteiger partial charge in [0.1, 0.15) is 0 Å². The van der Waals surface area contributed by atoms with Gasteiger partial charge in [-0.05, 0) is 37.7 Å². The van der Waals surface area contributed by atoms with Crippen LogP contribution in [0.3, 0.4) is 0 Å². The molecule has 0 unspecified atom stereocenters. The highest BCUT2D eigenvalue weighted by atomic mass is 32.1. The van der Waals surface area contributed by atoms with E-state index in [0.29, 0.717) is 0 Å². The third kappa shape index (κ3) is 6.62. The minimum atomic E-state index is -0.196. The minimum absolute atomic E-state index is 0.161. The standard InChI is InChI=1S/C22H36O2S/c1-5-22(6-2)16-23-20(24-17-22)19-13-11-18(12-14-19)10-8-7-9-15-21(3,4)25/h11-14,20,25H,5-10,15-17H2,1-4H3. The van der Waals surface area contributed by atoms with Crippen molar-refractivity contribution in [2.75, 3.05) is 13.2 Å². The third-order valence-electron chi connectivity index (χ3n) is 5.59.